The van der Waals surface area contributed by atoms with E-state index >= 15 is 0 Å². The Morgan fingerprint density at radius 3 is 2.39 bits per heavy atom. The number of carbonyl (C=O) groups excluding carboxylic acids is 1. The van der Waals surface area contributed by atoms with Gasteiger partial charge in [0.05, 0.1) is 6.61 Å². The molecule has 1 fully saturated rings. The summed E-state index contributed by atoms with van der Waals surface area (Å²) in [5.74, 6) is 0. The summed E-state index contributed by atoms with van der Waals surface area (Å²) in [6.45, 7) is 1.39. The van der Waals surface area contributed by atoms with Crippen LogP contribution in [0.3, 0.4) is 0 Å². The number of rotatable bonds is 4. The van der Waals surface area contributed by atoms with Gasteiger partial charge < -0.3 is 14.7 Å². The van der Waals surface area contributed by atoms with Crippen LogP contribution in [0.25, 0.3) is 0 Å². The van der Waals surface area contributed by atoms with Gasteiger partial charge in [0.25, 0.3) is 0 Å². The molecule has 23 heavy (non-hydrogen) atoms. The number of aliphatic hydroxyl groups excluding tert-OH is 1. The maximum Gasteiger partial charge on any atom is 0.410 e. The van der Waals surface area contributed by atoms with Crippen LogP contribution in [0.4, 0.5) is 4.79 Å². The van der Waals surface area contributed by atoms with Crippen LogP contribution in [-0.4, -0.2) is 35.8 Å². The lowest BCUT2D eigenvalue weighted by Crippen LogP contribution is -2.37. The van der Waals surface area contributed by atoms with Crippen molar-refractivity contribution < 1.29 is 14.6 Å². The van der Waals surface area contributed by atoms with E-state index in [-0.39, 0.29) is 24.7 Å². The Balaban J connectivity index is 1.63. The first-order chi connectivity index (χ1) is 11.2. The van der Waals surface area contributed by atoms with Gasteiger partial charge in [-0.2, -0.15) is 0 Å². The van der Waals surface area contributed by atoms with Gasteiger partial charge in [-0.15, -0.1) is 0 Å². The Labute approximate surface area is 136 Å². The van der Waals surface area contributed by atoms with Crippen molar-refractivity contribution in [3.63, 3.8) is 0 Å². The van der Waals surface area contributed by atoms with E-state index < -0.39 is 0 Å². The summed E-state index contributed by atoms with van der Waals surface area (Å²) >= 11 is 0. The third kappa shape index (κ3) is 3.37. The number of ether oxygens (including phenoxy) is 1. The van der Waals surface area contributed by atoms with Crippen molar-refractivity contribution in [2.75, 3.05) is 19.7 Å². The van der Waals surface area contributed by atoms with Crippen LogP contribution >= 0.6 is 0 Å². The molecule has 1 heterocycles. The van der Waals surface area contributed by atoms with Crippen LogP contribution in [0.5, 0.6) is 0 Å². The van der Waals surface area contributed by atoms with Gasteiger partial charge in [0, 0.05) is 18.5 Å². The van der Waals surface area contributed by atoms with E-state index in [1.165, 1.54) is 0 Å². The van der Waals surface area contributed by atoms with E-state index in [4.69, 9.17) is 4.74 Å². The quantitative estimate of drug-likeness (QED) is 0.944. The summed E-state index contributed by atoms with van der Waals surface area (Å²) in [6.07, 6.45) is 0.425. The largest absolute Gasteiger partial charge is 0.445 e. The molecule has 1 atom stereocenters. The van der Waals surface area contributed by atoms with Crippen molar-refractivity contribution in [2.24, 2.45) is 0 Å². The van der Waals surface area contributed by atoms with E-state index in [1.807, 2.05) is 60.7 Å². The first kappa shape index (κ1) is 15.6. The summed E-state index contributed by atoms with van der Waals surface area (Å²) in [5, 5.41) is 9.90. The van der Waals surface area contributed by atoms with Gasteiger partial charge in [-0.1, -0.05) is 60.7 Å². The minimum absolute atomic E-state index is 0.0273. The first-order valence-corrected chi connectivity index (χ1v) is 7.85. The molecule has 0 radical (unpaired) electrons. The molecule has 120 valence electrons. The monoisotopic (exact) mass is 311 g/mol. The number of likely N-dealkylation sites (tertiary alicyclic amines) is 1. The van der Waals surface area contributed by atoms with Crippen LogP contribution in [0.15, 0.2) is 60.7 Å². The second-order valence-corrected chi connectivity index (χ2v) is 6.02. The number of hydrogen-bond acceptors (Lipinski definition) is 3. The third-order valence-corrected chi connectivity index (χ3v) is 4.51. The van der Waals surface area contributed by atoms with E-state index in [0.29, 0.717) is 13.1 Å². The van der Waals surface area contributed by atoms with Crippen LogP contribution in [0.2, 0.25) is 0 Å². The molecular weight excluding hydrogens is 290 g/mol. The first-order valence-electron chi connectivity index (χ1n) is 7.85. The zero-order valence-corrected chi connectivity index (χ0v) is 13.0. The molecule has 1 unspecified atom stereocenters. The molecule has 0 saturated carbocycles. The molecule has 1 saturated heterocycles. The van der Waals surface area contributed by atoms with Crippen LogP contribution in [-0.2, 0) is 16.8 Å². The average Bonchev–Trinajstić information content (AvgIpc) is 3.07. The second kappa shape index (κ2) is 6.84. The smallest absolute Gasteiger partial charge is 0.410 e. The molecule has 1 amide bonds. The topological polar surface area (TPSA) is 49.8 Å². The predicted molar refractivity (Wildman–Crippen MR) is 88.0 cm³/mol. The lowest BCUT2D eigenvalue weighted by atomic mass is 9.80. The van der Waals surface area contributed by atoms with Gasteiger partial charge in [-0.25, -0.2) is 4.79 Å². The number of carbonyl (C=O) groups is 1. The zero-order chi connectivity index (χ0) is 16.1. The fourth-order valence-electron chi connectivity index (χ4n) is 3.09. The summed E-state index contributed by atoms with van der Waals surface area (Å²) in [5.41, 5.74) is 1.66. The Bertz CT molecular complexity index is 644. The third-order valence-electron chi connectivity index (χ3n) is 4.51. The number of nitrogens with zero attached hydrogens (tertiary/aromatic N) is 1. The maximum absolute atomic E-state index is 12.3. The molecule has 2 aromatic carbocycles. The van der Waals surface area contributed by atoms with E-state index in [2.05, 4.69) is 0 Å². The Morgan fingerprint density at radius 1 is 1.09 bits per heavy atom. The van der Waals surface area contributed by atoms with Crippen LogP contribution < -0.4 is 0 Å². The maximum atomic E-state index is 12.3. The van der Waals surface area contributed by atoms with Crippen molar-refractivity contribution in [3.8, 4) is 0 Å². The van der Waals surface area contributed by atoms with Crippen molar-refractivity contribution in [2.45, 2.75) is 18.4 Å². The number of aliphatic hydroxyl groups is 1. The highest BCUT2D eigenvalue weighted by atomic mass is 16.6. The van der Waals surface area contributed by atoms with Gasteiger partial charge >= 0.3 is 6.09 Å². The van der Waals surface area contributed by atoms with Crippen molar-refractivity contribution in [1.82, 2.24) is 4.90 Å². The van der Waals surface area contributed by atoms with E-state index in [1.54, 1.807) is 4.90 Å². The minimum Gasteiger partial charge on any atom is -0.445 e. The normalized spacial score (nSPS) is 20.5. The molecule has 0 aliphatic carbocycles. The highest BCUT2D eigenvalue weighted by Gasteiger charge is 2.41. The summed E-state index contributed by atoms with van der Waals surface area (Å²) < 4.78 is 5.39. The molecule has 1 N–H and O–H groups in total. The van der Waals surface area contributed by atoms with Gasteiger partial charge in [-0.3, -0.25) is 0 Å². The molecule has 4 nitrogen and oxygen atoms in total. The molecular formula is C19H21NO3. The van der Waals surface area contributed by atoms with Crippen molar-refractivity contribution >= 4 is 6.09 Å². The molecule has 0 aromatic heterocycles. The SMILES string of the molecule is O=C(OCc1ccccc1)N1CCC(CO)(c2ccccc2)C1. The average molecular weight is 311 g/mol. The zero-order valence-electron chi connectivity index (χ0n) is 13.0. The van der Waals surface area contributed by atoms with Gasteiger partial charge in [0.2, 0.25) is 0 Å². The second-order valence-electron chi connectivity index (χ2n) is 6.02. The van der Waals surface area contributed by atoms with Gasteiger partial charge in [0.1, 0.15) is 6.61 Å². The highest BCUT2D eigenvalue weighted by Crippen LogP contribution is 2.34. The summed E-state index contributed by atoms with van der Waals surface area (Å²) in [7, 11) is 0. The lowest BCUT2D eigenvalue weighted by Gasteiger charge is -2.27. The Morgan fingerprint density at radius 2 is 1.74 bits per heavy atom. The summed E-state index contributed by atoms with van der Waals surface area (Å²) in [4.78, 5) is 14.0. The van der Waals surface area contributed by atoms with Crippen LogP contribution in [0, 0.1) is 0 Å². The standard InChI is InChI=1S/C19H21NO3/c21-15-19(17-9-5-2-6-10-17)11-12-20(14-19)18(22)23-13-16-7-3-1-4-8-16/h1-10,21H,11-15H2. The molecule has 4 heteroatoms. The Kier molecular flexibility index (Phi) is 4.63. The Hall–Kier alpha value is -2.33. The molecule has 0 bridgehead atoms. The highest BCUT2D eigenvalue weighted by molar-refractivity contribution is 5.68. The predicted octanol–water partition coefficient (Wildman–Crippen LogP) is 2.96. The van der Waals surface area contributed by atoms with Crippen molar-refractivity contribution in [3.05, 3.63) is 71.8 Å². The fourth-order valence-corrected chi connectivity index (χ4v) is 3.09. The van der Waals surface area contributed by atoms with Crippen LogP contribution in [0.1, 0.15) is 17.5 Å². The fraction of sp³-hybridized carbons (Fsp3) is 0.316. The molecule has 1 aliphatic heterocycles. The number of benzene rings is 2. The number of amides is 1. The minimum atomic E-state index is -0.382. The number of hydrogen-bond donors (Lipinski definition) is 1. The molecule has 1 aliphatic rings. The van der Waals surface area contributed by atoms with Crippen molar-refractivity contribution in [1.29, 1.82) is 0 Å². The molecule has 0 spiro atoms. The summed E-state index contributed by atoms with van der Waals surface area (Å²) in [6, 6.07) is 19.5. The van der Waals surface area contributed by atoms with Gasteiger partial charge in [-0.05, 0) is 17.5 Å². The molecule has 3 rings (SSSR count). The lowest BCUT2D eigenvalue weighted by molar-refractivity contribution is 0.0994. The van der Waals surface area contributed by atoms with E-state index in [0.717, 1.165) is 17.5 Å². The molecule has 2 aromatic rings. The van der Waals surface area contributed by atoms with E-state index in [9.17, 15) is 9.90 Å². The van der Waals surface area contributed by atoms with Gasteiger partial charge in [0.15, 0.2) is 0 Å².